The maximum Gasteiger partial charge on any atom is 0.328 e. The molecule has 1 rings (SSSR count). The van der Waals surface area contributed by atoms with E-state index >= 15 is 0 Å². The lowest BCUT2D eigenvalue weighted by atomic mass is 10.2. The second-order valence-corrected chi connectivity index (χ2v) is 2.94. The number of benzene rings is 1. The van der Waals surface area contributed by atoms with Crippen LogP contribution in [-0.2, 0) is 4.79 Å². The van der Waals surface area contributed by atoms with E-state index < -0.39 is 11.9 Å². The molecule has 5 nitrogen and oxygen atoms in total. The average molecular weight is 221 g/mol. The fraction of sp³-hybridized carbons (Fsp3) is 0.0909. The fourth-order valence-corrected chi connectivity index (χ4v) is 1.01. The Morgan fingerprint density at radius 1 is 1.31 bits per heavy atom. The van der Waals surface area contributed by atoms with Gasteiger partial charge in [-0.1, -0.05) is 0 Å². The summed E-state index contributed by atoms with van der Waals surface area (Å²) in [6.07, 6.45) is 2.38. The molecule has 1 aromatic carbocycles. The van der Waals surface area contributed by atoms with E-state index in [0.717, 1.165) is 6.08 Å². The zero-order valence-electron chi connectivity index (χ0n) is 8.42. The van der Waals surface area contributed by atoms with Gasteiger partial charge in [0.1, 0.15) is 12.4 Å². The first-order valence-electron chi connectivity index (χ1n) is 4.51. The van der Waals surface area contributed by atoms with Crippen LogP contribution in [0.15, 0.2) is 36.4 Å². The van der Waals surface area contributed by atoms with Gasteiger partial charge in [0.25, 0.3) is 0 Å². The van der Waals surface area contributed by atoms with Crippen LogP contribution in [0, 0.1) is 0 Å². The molecule has 0 spiro atoms. The van der Waals surface area contributed by atoms with E-state index in [1.807, 2.05) is 0 Å². The number of hydrogen-bond acceptors (Lipinski definition) is 3. The van der Waals surface area contributed by atoms with Crippen LogP contribution in [0.2, 0.25) is 0 Å². The molecule has 5 heteroatoms. The SMILES string of the molecule is NC(=O)c1ccc(OC/C=C/C(=O)O)cc1. The van der Waals surface area contributed by atoms with Gasteiger partial charge < -0.3 is 15.6 Å². The number of amides is 1. The zero-order valence-corrected chi connectivity index (χ0v) is 8.42. The van der Waals surface area contributed by atoms with Gasteiger partial charge in [0.05, 0.1) is 0 Å². The highest BCUT2D eigenvalue weighted by molar-refractivity contribution is 5.92. The minimum Gasteiger partial charge on any atom is -0.490 e. The molecule has 0 atom stereocenters. The number of hydrogen-bond donors (Lipinski definition) is 2. The number of nitrogens with two attached hydrogens (primary N) is 1. The predicted molar refractivity (Wildman–Crippen MR) is 57.2 cm³/mol. The summed E-state index contributed by atoms with van der Waals surface area (Å²) in [6, 6.07) is 6.26. The van der Waals surface area contributed by atoms with Gasteiger partial charge >= 0.3 is 5.97 Å². The highest BCUT2D eigenvalue weighted by Crippen LogP contribution is 2.11. The Bertz CT molecular complexity index is 408. The molecular weight excluding hydrogens is 210 g/mol. The Hall–Kier alpha value is -2.30. The molecule has 0 bridgehead atoms. The summed E-state index contributed by atoms with van der Waals surface area (Å²) in [5.74, 6) is -0.981. The third kappa shape index (κ3) is 3.83. The summed E-state index contributed by atoms with van der Waals surface area (Å²) in [5, 5.41) is 8.31. The average Bonchev–Trinajstić information content (AvgIpc) is 2.25. The molecule has 0 radical (unpaired) electrons. The molecule has 0 aliphatic carbocycles. The number of primary amides is 1. The maximum atomic E-state index is 10.8. The third-order valence-corrected chi connectivity index (χ3v) is 1.75. The van der Waals surface area contributed by atoms with Gasteiger partial charge in [-0.15, -0.1) is 0 Å². The van der Waals surface area contributed by atoms with E-state index in [9.17, 15) is 9.59 Å². The molecule has 3 N–H and O–H groups in total. The highest BCUT2D eigenvalue weighted by atomic mass is 16.5. The number of carbonyl (C=O) groups excluding carboxylic acids is 1. The number of carboxylic acids is 1. The minimum absolute atomic E-state index is 0.155. The number of rotatable bonds is 5. The third-order valence-electron chi connectivity index (χ3n) is 1.75. The zero-order chi connectivity index (χ0) is 12.0. The molecule has 0 aliphatic rings. The Kier molecular flexibility index (Phi) is 4.08. The molecule has 0 unspecified atom stereocenters. The van der Waals surface area contributed by atoms with Crippen molar-refractivity contribution in [3.05, 3.63) is 42.0 Å². The van der Waals surface area contributed by atoms with Crippen LogP contribution >= 0.6 is 0 Å². The number of ether oxygens (including phenoxy) is 1. The van der Waals surface area contributed by atoms with E-state index in [1.54, 1.807) is 24.3 Å². The first kappa shape index (κ1) is 11.8. The predicted octanol–water partition coefficient (Wildman–Crippen LogP) is 0.805. The molecule has 16 heavy (non-hydrogen) atoms. The van der Waals surface area contributed by atoms with Gasteiger partial charge in [-0.2, -0.15) is 0 Å². The fourth-order valence-electron chi connectivity index (χ4n) is 1.01. The Morgan fingerprint density at radius 3 is 2.44 bits per heavy atom. The molecule has 0 saturated carbocycles. The molecule has 84 valence electrons. The first-order chi connectivity index (χ1) is 7.59. The molecule has 0 aromatic heterocycles. The van der Waals surface area contributed by atoms with Crippen molar-refractivity contribution in [1.29, 1.82) is 0 Å². The summed E-state index contributed by atoms with van der Waals surface area (Å²) in [4.78, 5) is 20.9. The summed E-state index contributed by atoms with van der Waals surface area (Å²) >= 11 is 0. The van der Waals surface area contributed by atoms with Gasteiger partial charge in [-0.25, -0.2) is 4.79 Å². The lowest BCUT2D eigenvalue weighted by Gasteiger charge is -2.02. The molecule has 0 heterocycles. The van der Waals surface area contributed by atoms with E-state index in [0.29, 0.717) is 11.3 Å². The van der Waals surface area contributed by atoms with Crippen molar-refractivity contribution in [2.24, 2.45) is 5.73 Å². The van der Waals surface area contributed by atoms with E-state index in [-0.39, 0.29) is 6.61 Å². The second-order valence-electron chi connectivity index (χ2n) is 2.94. The van der Waals surface area contributed by atoms with Crippen molar-refractivity contribution in [1.82, 2.24) is 0 Å². The van der Waals surface area contributed by atoms with E-state index in [2.05, 4.69) is 0 Å². The Labute approximate surface area is 92.1 Å². The molecule has 1 aromatic rings. The van der Waals surface area contributed by atoms with Crippen LogP contribution in [0.1, 0.15) is 10.4 Å². The van der Waals surface area contributed by atoms with Gasteiger partial charge in [0.15, 0.2) is 0 Å². The van der Waals surface area contributed by atoms with Crippen LogP contribution in [0.25, 0.3) is 0 Å². The van der Waals surface area contributed by atoms with Crippen molar-refractivity contribution in [3.63, 3.8) is 0 Å². The topological polar surface area (TPSA) is 89.6 Å². The van der Waals surface area contributed by atoms with Gasteiger partial charge in [-0.3, -0.25) is 4.79 Å². The number of carbonyl (C=O) groups is 2. The number of carboxylic acid groups (broad SMARTS) is 1. The Morgan fingerprint density at radius 2 is 1.94 bits per heavy atom. The summed E-state index contributed by atoms with van der Waals surface area (Å²) < 4.78 is 5.19. The molecule has 0 aliphatic heterocycles. The normalized spacial score (nSPS) is 10.2. The van der Waals surface area contributed by atoms with Crippen molar-refractivity contribution in [2.45, 2.75) is 0 Å². The highest BCUT2D eigenvalue weighted by Gasteiger charge is 1.99. The van der Waals surface area contributed by atoms with Crippen molar-refractivity contribution >= 4 is 11.9 Å². The first-order valence-corrected chi connectivity index (χ1v) is 4.51. The molecular formula is C11H11NO4. The van der Waals surface area contributed by atoms with Crippen LogP contribution in [0.5, 0.6) is 5.75 Å². The summed E-state index contributed by atoms with van der Waals surface area (Å²) in [6.45, 7) is 0.155. The van der Waals surface area contributed by atoms with Crippen molar-refractivity contribution in [2.75, 3.05) is 6.61 Å². The minimum atomic E-state index is -1.02. The van der Waals surface area contributed by atoms with Crippen LogP contribution in [0.3, 0.4) is 0 Å². The lowest BCUT2D eigenvalue weighted by Crippen LogP contribution is -2.10. The summed E-state index contributed by atoms with van der Waals surface area (Å²) in [5.41, 5.74) is 5.46. The van der Waals surface area contributed by atoms with Crippen LogP contribution < -0.4 is 10.5 Å². The van der Waals surface area contributed by atoms with Crippen molar-refractivity contribution in [3.8, 4) is 5.75 Å². The van der Waals surface area contributed by atoms with E-state index in [1.165, 1.54) is 6.08 Å². The molecule has 0 fully saturated rings. The standard InChI is InChI=1S/C11H11NO4/c12-11(15)8-3-5-9(6-4-8)16-7-1-2-10(13)14/h1-6H,7H2,(H2,12,15)(H,13,14)/b2-1+. The van der Waals surface area contributed by atoms with Gasteiger partial charge in [0.2, 0.25) is 5.91 Å². The lowest BCUT2D eigenvalue weighted by molar-refractivity contribution is -0.131. The van der Waals surface area contributed by atoms with Crippen LogP contribution in [0.4, 0.5) is 0 Å². The molecule has 1 amide bonds. The van der Waals surface area contributed by atoms with E-state index in [4.69, 9.17) is 15.6 Å². The Balaban J connectivity index is 2.49. The van der Waals surface area contributed by atoms with Crippen LogP contribution in [-0.4, -0.2) is 23.6 Å². The van der Waals surface area contributed by atoms with Gasteiger partial charge in [-0.05, 0) is 30.3 Å². The maximum absolute atomic E-state index is 10.8. The van der Waals surface area contributed by atoms with Gasteiger partial charge in [0, 0.05) is 11.6 Å². The quantitative estimate of drug-likeness (QED) is 0.720. The number of aliphatic carboxylic acids is 1. The largest absolute Gasteiger partial charge is 0.490 e. The monoisotopic (exact) mass is 221 g/mol. The molecule has 0 saturated heterocycles. The van der Waals surface area contributed by atoms with Crippen molar-refractivity contribution < 1.29 is 19.4 Å². The second kappa shape index (κ2) is 5.55. The smallest absolute Gasteiger partial charge is 0.328 e. The summed E-state index contributed by atoms with van der Waals surface area (Å²) in [7, 11) is 0.